The van der Waals surface area contributed by atoms with E-state index in [2.05, 4.69) is 31.3 Å². The lowest BCUT2D eigenvalue weighted by Gasteiger charge is -2.20. The van der Waals surface area contributed by atoms with Gasteiger partial charge >= 0.3 is 0 Å². The standard InChI is InChI=1S/C13H16BrN3O3S.ClH/c14-10-5-8-1-2-13(18)16-11(8)6-12(10)21(19,20)17-9-3-4-15-7-9;/h5-6,9,15,17H,1-4,7H2,(H,16,18);1H. The van der Waals surface area contributed by atoms with E-state index in [4.69, 9.17) is 0 Å². The summed E-state index contributed by atoms with van der Waals surface area (Å²) in [6.45, 7) is 1.45. The molecule has 1 fully saturated rings. The molecule has 1 saturated heterocycles. The number of anilines is 1. The molecule has 1 atom stereocenters. The predicted molar refractivity (Wildman–Crippen MR) is 89.9 cm³/mol. The first kappa shape index (κ1) is 17.7. The van der Waals surface area contributed by atoms with Crippen molar-refractivity contribution in [3.63, 3.8) is 0 Å². The maximum Gasteiger partial charge on any atom is 0.242 e. The normalized spacial score (nSPS) is 21.0. The molecule has 2 aliphatic rings. The molecule has 9 heteroatoms. The number of rotatable bonds is 3. The number of carbonyl (C=O) groups excluding carboxylic acids is 1. The summed E-state index contributed by atoms with van der Waals surface area (Å²) < 4.78 is 28.2. The van der Waals surface area contributed by atoms with Crippen LogP contribution < -0.4 is 15.4 Å². The first-order valence-corrected chi connectivity index (χ1v) is 9.08. The van der Waals surface area contributed by atoms with Crippen LogP contribution in [0.1, 0.15) is 18.4 Å². The number of carbonyl (C=O) groups is 1. The molecule has 1 unspecified atom stereocenters. The summed E-state index contributed by atoms with van der Waals surface area (Å²) in [6.07, 6.45) is 1.83. The van der Waals surface area contributed by atoms with E-state index in [1.165, 1.54) is 6.07 Å². The van der Waals surface area contributed by atoms with Crippen LogP contribution in [0.5, 0.6) is 0 Å². The molecule has 122 valence electrons. The van der Waals surface area contributed by atoms with Gasteiger partial charge in [0.25, 0.3) is 0 Å². The SMILES string of the molecule is Cl.O=C1CCc2cc(Br)c(S(=O)(=O)NC3CCNC3)cc2N1. The third kappa shape index (κ3) is 3.62. The molecule has 0 spiro atoms. The first-order valence-electron chi connectivity index (χ1n) is 6.81. The van der Waals surface area contributed by atoms with Gasteiger partial charge in [-0.15, -0.1) is 12.4 Å². The quantitative estimate of drug-likeness (QED) is 0.703. The Morgan fingerprint density at radius 3 is 2.73 bits per heavy atom. The number of aryl methyl sites for hydroxylation is 1. The number of benzene rings is 1. The van der Waals surface area contributed by atoms with Crippen LogP contribution in [0.25, 0.3) is 0 Å². The van der Waals surface area contributed by atoms with Crippen molar-refractivity contribution in [2.45, 2.75) is 30.2 Å². The van der Waals surface area contributed by atoms with E-state index in [0.717, 1.165) is 18.5 Å². The lowest BCUT2D eigenvalue weighted by atomic mass is 10.0. The average molecular weight is 411 g/mol. The second-order valence-corrected chi connectivity index (χ2v) is 7.84. The van der Waals surface area contributed by atoms with Crippen LogP contribution in [-0.4, -0.2) is 33.5 Å². The molecular weight excluding hydrogens is 394 g/mol. The molecule has 0 bridgehead atoms. The van der Waals surface area contributed by atoms with Crippen LogP contribution in [0.15, 0.2) is 21.5 Å². The number of sulfonamides is 1. The van der Waals surface area contributed by atoms with Crippen molar-refractivity contribution in [2.75, 3.05) is 18.4 Å². The number of hydrogen-bond acceptors (Lipinski definition) is 4. The summed E-state index contributed by atoms with van der Waals surface area (Å²) in [5.41, 5.74) is 1.53. The van der Waals surface area contributed by atoms with Gasteiger partial charge in [0.1, 0.15) is 0 Å². The highest BCUT2D eigenvalue weighted by atomic mass is 79.9. The van der Waals surface area contributed by atoms with E-state index in [-0.39, 0.29) is 29.3 Å². The minimum absolute atomic E-state index is 0. The van der Waals surface area contributed by atoms with Gasteiger partial charge in [0.15, 0.2) is 0 Å². The molecule has 0 aliphatic carbocycles. The van der Waals surface area contributed by atoms with Gasteiger partial charge in [-0.25, -0.2) is 13.1 Å². The lowest BCUT2D eigenvalue weighted by molar-refractivity contribution is -0.116. The second-order valence-electron chi connectivity index (χ2n) is 5.30. The van der Waals surface area contributed by atoms with Crippen LogP contribution in [-0.2, 0) is 21.2 Å². The molecule has 1 aromatic rings. The summed E-state index contributed by atoms with van der Waals surface area (Å²) in [5.74, 6) is -0.0823. The van der Waals surface area contributed by atoms with Crippen LogP contribution in [0.3, 0.4) is 0 Å². The maximum atomic E-state index is 12.5. The zero-order valence-corrected chi connectivity index (χ0v) is 14.9. The Morgan fingerprint density at radius 1 is 1.27 bits per heavy atom. The Kier molecular flexibility index (Phi) is 5.50. The van der Waals surface area contributed by atoms with Gasteiger partial charge in [-0.2, -0.15) is 0 Å². The molecule has 3 N–H and O–H groups in total. The van der Waals surface area contributed by atoms with Crippen molar-refractivity contribution in [1.29, 1.82) is 0 Å². The van der Waals surface area contributed by atoms with Crippen LogP contribution in [0.4, 0.5) is 5.69 Å². The molecule has 0 radical (unpaired) electrons. The van der Waals surface area contributed by atoms with Gasteiger partial charge in [-0.1, -0.05) is 0 Å². The lowest BCUT2D eigenvalue weighted by Crippen LogP contribution is -2.36. The topological polar surface area (TPSA) is 87.3 Å². The van der Waals surface area contributed by atoms with Gasteiger partial charge in [0.2, 0.25) is 15.9 Å². The van der Waals surface area contributed by atoms with E-state index in [1.54, 1.807) is 6.07 Å². The molecular formula is C13H17BrClN3O3S. The van der Waals surface area contributed by atoms with Gasteiger partial charge in [-0.3, -0.25) is 4.79 Å². The van der Waals surface area contributed by atoms with Crippen molar-refractivity contribution in [1.82, 2.24) is 10.0 Å². The van der Waals surface area contributed by atoms with E-state index in [1.807, 2.05) is 0 Å². The fraction of sp³-hybridized carbons (Fsp3) is 0.462. The Labute approximate surface area is 144 Å². The van der Waals surface area contributed by atoms with Crippen LogP contribution >= 0.6 is 28.3 Å². The minimum atomic E-state index is -3.61. The molecule has 0 saturated carbocycles. The minimum Gasteiger partial charge on any atom is -0.326 e. The van der Waals surface area contributed by atoms with Crippen LogP contribution in [0.2, 0.25) is 0 Å². The summed E-state index contributed by atoms with van der Waals surface area (Å²) in [7, 11) is -3.61. The monoisotopic (exact) mass is 409 g/mol. The van der Waals surface area contributed by atoms with E-state index in [0.29, 0.717) is 29.5 Å². The Bertz CT molecular complexity index is 690. The zero-order chi connectivity index (χ0) is 15.0. The third-order valence-corrected chi connectivity index (χ3v) is 6.20. The van der Waals surface area contributed by atoms with Gasteiger partial charge in [0, 0.05) is 29.2 Å². The Hall–Kier alpha value is -0.670. The summed E-state index contributed by atoms with van der Waals surface area (Å²) in [4.78, 5) is 11.6. The van der Waals surface area contributed by atoms with Crippen molar-refractivity contribution in [2.24, 2.45) is 0 Å². The number of nitrogens with one attached hydrogen (secondary N) is 3. The molecule has 22 heavy (non-hydrogen) atoms. The predicted octanol–water partition coefficient (Wildman–Crippen LogP) is 1.40. The van der Waals surface area contributed by atoms with Crippen molar-refractivity contribution >= 4 is 50.0 Å². The maximum absolute atomic E-state index is 12.5. The average Bonchev–Trinajstić information content (AvgIpc) is 2.90. The first-order chi connectivity index (χ1) is 9.95. The smallest absolute Gasteiger partial charge is 0.242 e. The molecule has 3 rings (SSSR count). The Morgan fingerprint density at radius 2 is 2.05 bits per heavy atom. The third-order valence-electron chi connectivity index (χ3n) is 3.72. The molecule has 6 nitrogen and oxygen atoms in total. The molecule has 2 aliphatic heterocycles. The highest BCUT2D eigenvalue weighted by molar-refractivity contribution is 9.10. The molecule has 2 heterocycles. The summed E-state index contributed by atoms with van der Waals surface area (Å²) in [5, 5.41) is 5.85. The van der Waals surface area contributed by atoms with E-state index >= 15 is 0 Å². The fourth-order valence-electron chi connectivity index (χ4n) is 2.62. The van der Waals surface area contributed by atoms with E-state index in [9.17, 15) is 13.2 Å². The summed E-state index contributed by atoms with van der Waals surface area (Å²) >= 11 is 3.33. The number of halogens is 2. The van der Waals surface area contributed by atoms with Crippen molar-refractivity contribution in [3.05, 3.63) is 22.2 Å². The zero-order valence-electron chi connectivity index (χ0n) is 11.7. The van der Waals surface area contributed by atoms with E-state index < -0.39 is 10.0 Å². The number of amides is 1. The highest BCUT2D eigenvalue weighted by Gasteiger charge is 2.26. The van der Waals surface area contributed by atoms with Crippen LogP contribution in [0, 0.1) is 0 Å². The highest BCUT2D eigenvalue weighted by Crippen LogP contribution is 2.32. The molecule has 1 amide bonds. The van der Waals surface area contributed by atoms with Gasteiger partial charge in [0.05, 0.1) is 4.90 Å². The fourth-order valence-corrected chi connectivity index (χ4v) is 5.01. The van der Waals surface area contributed by atoms with Crippen molar-refractivity contribution in [3.8, 4) is 0 Å². The molecule has 1 aromatic carbocycles. The van der Waals surface area contributed by atoms with Gasteiger partial charge in [-0.05, 0) is 53.0 Å². The Balaban J connectivity index is 0.00000176. The van der Waals surface area contributed by atoms with Crippen molar-refractivity contribution < 1.29 is 13.2 Å². The van der Waals surface area contributed by atoms with Gasteiger partial charge < -0.3 is 10.6 Å². The summed E-state index contributed by atoms with van der Waals surface area (Å²) in [6, 6.07) is 3.21. The number of fused-ring (bicyclic) bond motifs is 1. The molecule has 0 aromatic heterocycles. The second kappa shape index (κ2) is 6.84. The number of hydrogen-bond donors (Lipinski definition) is 3. The largest absolute Gasteiger partial charge is 0.326 e.